The zero-order chi connectivity index (χ0) is 17.9. The second-order valence-corrected chi connectivity index (χ2v) is 5.33. The number of aliphatic hydroxyl groups excluding tert-OH is 1. The van der Waals surface area contributed by atoms with Gasteiger partial charge in [-0.2, -0.15) is 22.5 Å². The van der Waals surface area contributed by atoms with Crippen LogP contribution in [0.1, 0.15) is 25.5 Å². The molecule has 0 bridgehead atoms. The summed E-state index contributed by atoms with van der Waals surface area (Å²) in [5, 5.41) is 12.3. The first-order valence-corrected chi connectivity index (χ1v) is 7.18. The maximum Gasteiger partial charge on any atom is 0.253 e. The zero-order valence-electron chi connectivity index (χ0n) is 13.0. The molecule has 0 aliphatic heterocycles. The van der Waals surface area contributed by atoms with Crippen LogP contribution in [0.2, 0.25) is 0 Å². The van der Waals surface area contributed by atoms with Gasteiger partial charge in [0.15, 0.2) is 0 Å². The molecule has 130 valence electrons. The van der Waals surface area contributed by atoms with Crippen LogP contribution in [-0.4, -0.2) is 22.7 Å². The van der Waals surface area contributed by atoms with E-state index in [1.54, 1.807) is 24.3 Å². The summed E-state index contributed by atoms with van der Waals surface area (Å²) in [7, 11) is 0. The van der Waals surface area contributed by atoms with Crippen molar-refractivity contribution < 1.29 is 27.4 Å². The first kappa shape index (κ1) is 18.0. The number of hydrogen-bond acceptors (Lipinski definition) is 4. The number of rotatable bonds is 6. The number of pyridine rings is 1. The fourth-order valence-electron chi connectivity index (χ4n) is 2.03. The predicted molar refractivity (Wildman–Crippen MR) is 79.7 cm³/mol. The minimum absolute atomic E-state index is 0.0681. The minimum Gasteiger partial charge on any atom is -0.491 e. The van der Waals surface area contributed by atoms with Crippen molar-refractivity contribution in [1.82, 2.24) is 4.98 Å². The molecule has 2 aromatic rings. The smallest absolute Gasteiger partial charge is 0.253 e. The van der Waals surface area contributed by atoms with Crippen molar-refractivity contribution in [3.63, 3.8) is 0 Å². The lowest BCUT2D eigenvalue weighted by Gasteiger charge is -2.16. The maximum absolute atomic E-state index is 13.5. The third-order valence-corrected chi connectivity index (χ3v) is 3.08. The number of nitrogens with one attached hydrogen (secondary N) is 1. The predicted octanol–water partition coefficient (Wildman–Crippen LogP) is 3.57. The summed E-state index contributed by atoms with van der Waals surface area (Å²) in [6.45, 7) is 3.30. The molecule has 1 heterocycles. The highest BCUT2D eigenvalue weighted by atomic mass is 19.2. The highest BCUT2D eigenvalue weighted by molar-refractivity contribution is 5.45. The van der Waals surface area contributed by atoms with Crippen molar-refractivity contribution in [2.45, 2.75) is 26.1 Å². The van der Waals surface area contributed by atoms with Gasteiger partial charge in [0.1, 0.15) is 11.4 Å². The number of hydrogen-bond donors (Lipinski definition) is 2. The van der Waals surface area contributed by atoms with Gasteiger partial charge < -0.3 is 15.2 Å². The molecule has 1 aromatic heterocycles. The molecule has 0 aliphatic carbocycles. The second-order valence-electron chi connectivity index (χ2n) is 5.33. The number of anilines is 1. The third-order valence-electron chi connectivity index (χ3n) is 3.08. The van der Waals surface area contributed by atoms with Gasteiger partial charge in [-0.25, -0.2) is 0 Å². The first-order valence-electron chi connectivity index (χ1n) is 7.18. The lowest BCUT2D eigenvalue weighted by Crippen LogP contribution is -2.16. The summed E-state index contributed by atoms with van der Waals surface area (Å²) in [4.78, 5) is 2.46. The molecule has 8 heteroatoms. The fourth-order valence-corrected chi connectivity index (χ4v) is 2.03. The van der Waals surface area contributed by atoms with Crippen molar-refractivity contribution >= 4 is 5.69 Å². The summed E-state index contributed by atoms with van der Waals surface area (Å²) >= 11 is 0. The van der Waals surface area contributed by atoms with Crippen LogP contribution in [0.3, 0.4) is 0 Å². The van der Waals surface area contributed by atoms with E-state index in [1.165, 1.54) is 0 Å². The molecule has 1 unspecified atom stereocenters. The van der Waals surface area contributed by atoms with Gasteiger partial charge in [-0.3, -0.25) is 0 Å². The molecular weight excluding hydrogens is 328 g/mol. The summed E-state index contributed by atoms with van der Waals surface area (Å²) in [6, 6.07) is 6.48. The van der Waals surface area contributed by atoms with Crippen LogP contribution in [0.25, 0.3) is 0 Å². The second kappa shape index (κ2) is 7.48. The standard InChI is InChI=1S/C16H16F4N2O2/c1-8(2)24-10-5-3-4-9(6-10)11(23)7-21-14-12(17)15(19)22-16(20)13(14)18/h3-6,8,11,23H,7H2,1-2H3,(H,21,22). The van der Waals surface area contributed by atoms with Crippen LogP contribution < -0.4 is 10.1 Å². The van der Waals surface area contributed by atoms with Crippen LogP contribution in [0, 0.1) is 23.5 Å². The molecule has 1 aromatic carbocycles. The van der Waals surface area contributed by atoms with Gasteiger partial charge in [-0.15, -0.1) is 0 Å². The molecular formula is C16H16F4N2O2. The van der Waals surface area contributed by atoms with Gasteiger partial charge in [0, 0.05) is 6.54 Å². The Kier molecular flexibility index (Phi) is 5.61. The Labute approximate surface area is 136 Å². The van der Waals surface area contributed by atoms with Gasteiger partial charge in [-0.05, 0) is 31.5 Å². The van der Waals surface area contributed by atoms with E-state index in [2.05, 4.69) is 10.3 Å². The Morgan fingerprint density at radius 2 is 1.75 bits per heavy atom. The number of aromatic nitrogens is 1. The molecule has 0 aliphatic rings. The van der Waals surface area contributed by atoms with E-state index in [0.29, 0.717) is 11.3 Å². The van der Waals surface area contributed by atoms with E-state index in [-0.39, 0.29) is 12.6 Å². The minimum atomic E-state index is -1.77. The molecule has 0 saturated carbocycles. The Balaban J connectivity index is 2.13. The molecule has 24 heavy (non-hydrogen) atoms. The molecule has 0 saturated heterocycles. The number of benzene rings is 1. The Bertz CT molecular complexity index is 699. The zero-order valence-corrected chi connectivity index (χ0v) is 13.0. The number of ether oxygens (including phenoxy) is 1. The first-order chi connectivity index (χ1) is 11.3. The molecule has 0 fully saturated rings. The summed E-state index contributed by atoms with van der Waals surface area (Å²) in [5.41, 5.74) is -0.606. The van der Waals surface area contributed by atoms with Crippen molar-refractivity contribution in [2.24, 2.45) is 0 Å². The lowest BCUT2D eigenvalue weighted by molar-refractivity contribution is 0.189. The average molecular weight is 344 g/mol. The van der Waals surface area contributed by atoms with E-state index in [9.17, 15) is 22.7 Å². The molecule has 0 radical (unpaired) electrons. The van der Waals surface area contributed by atoms with Crippen molar-refractivity contribution in [2.75, 3.05) is 11.9 Å². The Morgan fingerprint density at radius 1 is 1.12 bits per heavy atom. The van der Waals surface area contributed by atoms with Gasteiger partial charge in [-0.1, -0.05) is 12.1 Å². The quantitative estimate of drug-likeness (QED) is 0.621. The Morgan fingerprint density at radius 3 is 2.33 bits per heavy atom. The maximum atomic E-state index is 13.5. The largest absolute Gasteiger partial charge is 0.491 e. The van der Waals surface area contributed by atoms with Crippen molar-refractivity contribution in [3.05, 3.63) is 53.4 Å². The third kappa shape index (κ3) is 4.14. The van der Waals surface area contributed by atoms with Gasteiger partial charge in [0.25, 0.3) is 11.9 Å². The SMILES string of the molecule is CC(C)Oc1cccc(C(O)CNc2c(F)c(F)nc(F)c2F)c1. The van der Waals surface area contributed by atoms with Crippen LogP contribution in [0.5, 0.6) is 5.75 Å². The summed E-state index contributed by atoms with van der Waals surface area (Å²) in [5.74, 6) is -6.33. The average Bonchev–Trinajstić information content (AvgIpc) is 2.52. The van der Waals surface area contributed by atoms with Crippen molar-refractivity contribution in [3.8, 4) is 5.75 Å². The van der Waals surface area contributed by atoms with Gasteiger partial charge in [0.05, 0.1) is 12.2 Å². The lowest BCUT2D eigenvalue weighted by atomic mass is 10.1. The number of aliphatic hydroxyl groups is 1. The molecule has 0 spiro atoms. The Hall–Kier alpha value is -2.35. The van der Waals surface area contributed by atoms with E-state index in [4.69, 9.17) is 4.74 Å². The molecule has 2 rings (SSSR count). The van der Waals surface area contributed by atoms with Crippen molar-refractivity contribution in [1.29, 1.82) is 0 Å². The van der Waals surface area contributed by atoms with Gasteiger partial charge >= 0.3 is 0 Å². The van der Waals surface area contributed by atoms with Crippen LogP contribution in [0.15, 0.2) is 24.3 Å². The molecule has 0 amide bonds. The van der Waals surface area contributed by atoms with Crippen LogP contribution in [0.4, 0.5) is 23.2 Å². The highest BCUT2D eigenvalue weighted by Gasteiger charge is 2.21. The fraction of sp³-hybridized carbons (Fsp3) is 0.312. The van der Waals surface area contributed by atoms with E-state index >= 15 is 0 Å². The van der Waals surface area contributed by atoms with E-state index < -0.39 is 35.3 Å². The molecule has 1 atom stereocenters. The van der Waals surface area contributed by atoms with Crippen LogP contribution in [-0.2, 0) is 0 Å². The highest BCUT2D eigenvalue weighted by Crippen LogP contribution is 2.24. The summed E-state index contributed by atoms with van der Waals surface area (Å²) in [6.07, 6.45) is -1.25. The summed E-state index contributed by atoms with van der Waals surface area (Å²) < 4.78 is 58.5. The number of halogens is 4. The van der Waals surface area contributed by atoms with Crippen LogP contribution >= 0.6 is 0 Å². The van der Waals surface area contributed by atoms with E-state index in [1.807, 2.05) is 13.8 Å². The van der Waals surface area contributed by atoms with Gasteiger partial charge in [0.2, 0.25) is 11.6 Å². The monoisotopic (exact) mass is 344 g/mol. The van der Waals surface area contributed by atoms with E-state index in [0.717, 1.165) is 0 Å². The normalized spacial score (nSPS) is 12.3. The molecule has 2 N–H and O–H groups in total. The molecule has 4 nitrogen and oxygen atoms in total. The topological polar surface area (TPSA) is 54.4 Å². The number of nitrogens with zero attached hydrogens (tertiary/aromatic N) is 1.